The predicted octanol–water partition coefficient (Wildman–Crippen LogP) is 4.85. The van der Waals surface area contributed by atoms with Gasteiger partial charge in [0.25, 0.3) is 0 Å². The van der Waals surface area contributed by atoms with Crippen LogP contribution in [0.3, 0.4) is 0 Å². The van der Waals surface area contributed by atoms with Crippen molar-refractivity contribution >= 4 is 5.71 Å². The molecule has 120 valence electrons. The summed E-state index contributed by atoms with van der Waals surface area (Å²) in [7, 11) is 0. The Morgan fingerprint density at radius 3 is 2.26 bits per heavy atom. The van der Waals surface area contributed by atoms with Gasteiger partial charge in [0.05, 0.1) is 11.3 Å². The molecule has 0 aliphatic carbocycles. The Morgan fingerprint density at radius 1 is 1.04 bits per heavy atom. The SMILES string of the molecule is C=CCO/N=C(\Cc1ccc(C(F)(F)F)cc1)c1ccccc1. The Balaban J connectivity index is 2.21. The standard InChI is InChI=1S/C18H16F3NO/c1-2-12-23-22-17(15-6-4-3-5-7-15)13-14-8-10-16(11-9-14)18(19,20)21/h2-11H,1,12-13H2/b22-17+. The second kappa shape index (κ2) is 7.63. The van der Waals surface area contributed by atoms with Gasteiger partial charge in [-0.3, -0.25) is 0 Å². The van der Waals surface area contributed by atoms with Gasteiger partial charge < -0.3 is 4.84 Å². The van der Waals surface area contributed by atoms with Crippen LogP contribution in [0.15, 0.2) is 72.4 Å². The zero-order chi connectivity index (χ0) is 16.7. The van der Waals surface area contributed by atoms with Crippen molar-refractivity contribution in [3.8, 4) is 0 Å². The molecule has 0 unspecified atom stereocenters. The summed E-state index contributed by atoms with van der Waals surface area (Å²) in [6.07, 6.45) is -2.38. The first-order valence-corrected chi connectivity index (χ1v) is 7.02. The van der Waals surface area contributed by atoms with Crippen molar-refractivity contribution in [2.75, 3.05) is 6.61 Å². The van der Waals surface area contributed by atoms with Crippen molar-refractivity contribution in [1.29, 1.82) is 0 Å². The topological polar surface area (TPSA) is 21.6 Å². The fourth-order valence-corrected chi connectivity index (χ4v) is 1.99. The third kappa shape index (κ3) is 4.98. The zero-order valence-electron chi connectivity index (χ0n) is 12.4. The Bertz CT molecular complexity index is 661. The summed E-state index contributed by atoms with van der Waals surface area (Å²) in [5.74, 6) is 0. The monoisotopic (exact) mass is 319 g/mol. The van der Waals surface area contributed by atoms with Crippen LogP contribution in [0.4, 0.5) is 13.2 Å². The molecule has 0 aromatic heterocycles. The Morgan fingerprint density at radius 2 is 1.70 bits per heavy atom. The molecule has 2 nitrogen and oxygen atoms in total. The number of hydrogen-bond donors (Lipinski definition) is 0. The van der Waals surface area contributed by atoms with Crippen molar-refractivity contribution in [1.82, 2.24) is 0 Å². The van der Waals surface area contributed by atoms with Gasteiger partial charge >= 0.3 is 6.18 Å². The molecule has 0 radical (unpaired) electrons. The van der Waals surface area contributed by atoms with Gasteiger partial charge in [0.2, 0.25) is 0 Å². The van der Waals surface area contributed by atoms with E-state index in [4.69, 9.17) is 4.84 Å². The van der Waals surface area contributed by atoms with Crippen LogP contribution in [0.5, 0.6) is 0 Å². The Labute approximate surface area is 132 Å². The molecule has 0 saturated heterocycles. The molecule has 0 fully saturated rings. The molecule has 2 rings (SSSR count). The number of alkyl halides is 3. The average Bonchev–Trinajstić information content (AvgIpc) is 2.54. The van der Waals surface area contributed by atoms with E-state index in [2.05, 4.69) is 11.7 Å². The van der Waals surface area contributed by atoms with E-state index in [0.717, 1.165) is 23.3 Å². The molecule has 2 aromatic rings. The van der Waals surface area contributed by atoms with Crippen LogP contribution in [-0.2, 0) is 17.4 Å². The lowest BCUT2D eigenvalue weighted by Crippen LogP contribution is -2.08. The highest BCUT2D eigenvalue weighted by Crippen LogP contribution is 2.29. The van der Waals surface area contributed by atoms with Gasteiger partial charge in [-0.2, -0.15) is 13.2 Å². The van der Waals surface area contributed by atoms with Gasteiger partial charge in [0.1, 0.15) is 6.61 Å². The third-order valence-electron chi connectivity index (χ3n) is 3.13. The second-order valence-electron chi connectivity index (χ2n) is 4.86. The summed E-state index contributed by atoms with van der Waals surface area (Å²) in [4.78, 5) is 5.14. The lowest BCUT2D eigenvalue weighted by molar-refractivity contribution is -0.137. The minimum Gasteiger partial charge on any atom is -0.391 e. The summed E-state index contributed by atoms with van der Waals surface area (Å²) in [5.41, 5.74) is 1.56. The van der Waals surface area contributed by atoms with Gasteiger partial charge in [0.15, 0.2) is 0 Å². The van der Waals surface area contributed by atoms with Crippen molar-refractivity contribution < 1.29 is 18.0 Å². The average molecular weight is 319 g/mol. The van der Waals surface area contributed by atoms with Crippen molar-refractivity contribution in [2.24, 2.45) is 5.16 Å². The highest BCUT2D eigenvalue weighted by atomic mass is 19.4. The minimum atomic E-state index is -4.33. The molecule has 23 heavy (non-hydrogen) atoms. The summed E-state index contributed by atoms with van der Waals surface area (Å²) >= 11 is 0. The van der Waals surface area contributed by atoms with E-state index in [1.807, 2.05) is 30.3 Å². The number of benzene rings is 2. The van der Waals surface area contributed by atoms with Crippen molar-refractivity contribution in [2.45, 2.75) is 12.6 Å². The first-order chi connectivity index (χ1) is 11.0. The van der Waals surface area contributed by atoms with E-state index >= 15 is 0 Å². The first-order valence-electron chi connectivity index (χ1n) is 7.02. The van der Waals surface area contributed by atoms with Gasteiger partial charge in [-0.25, -0.2) is 0 Å². The second-order valence-corrected chi connectivity index (χ2v) is 4.86. The van der Waals surface area contributed by atoms with Crippen LogP contribution in [-0.4, -0.2) is 12.3 Å². The Hall–Kier alpha value is -2.56. The summed E-state index contributed by atoms with van der Waals surface area (Å²) < 4.78 is 37.8. The van der Waals surface area contributed by atoms with Crippen LogP contribution < -0.4 is 0 Å². The van der Waals surface area contributed by atoms with Gasteiger partial charge in [-0.05, 0) is 23.3 Å². The normalized spacial score (nSPS) is 12.0. The number of hydrogen-bond acceptors (Lipinski definition) is 2. The van der Waals surface area contributed by atoms with Crippen molar-refractivity contribution in [3.05, 3.63) is 83.9 Å². The smallest absolute Gasteiger partial charge is 0.391 e. The van der Waals surface area contributed by atoms with Crippen molar-refractivity contribution in [3.63, 3.8) is 0 Å². The lowest BCUT2D eigenvalue weighted by atomic mass is 10.0. The highest BCUT2D eigenvalue weighted by Gasteiger charge is 2.29. The van der Waals surface area contributed by atoms with E-state index in [0.29, 0.717) is 12.1 Å². The molecule has 0 N–H and O–H groups in total. The van der Waals surface area contributed by atoms with Crippen LogP contribution in [0.1, 0.15) is 16.7 Å². The highest BCUT2D eigenvalue weighted by molar-refractivity contribution is 6.01. The summed E-state index contributed by atoms with van der Waals surface area (Å²) in [6.45, 7) is 3.81. The first kappa shape index (κ1) is 16.8. The summed E-state index contributed by atoms with van der Waals surface area (Å²) in [6, 6.07) is 14.4. The molecule has 5 heteroatoms. The van der Waals surface area contributed by atoms with E-state index in [1.54, 1.807) is 6.08 Å². The molecular weight excluding hydrogens is 303 g/mol. The van der Waals surface area contributed by atoms with Crippen LogP contribution in [0.25, 0.3) is 0 Å². The van der Waals surface area contributed by atoms with Crippen LogP contribution in [0, 0.1) is 0 Å². The molecule has 0 amide bonds. The van der Waals surface area contributed by atoms with E-state index < -0.39 is 11.7 Å². The molecule has 0 saturated carbocycles. The fourth-order valence-electron chi connectivity index (χ4n) is 1.99. The molecule has 0 heterocycles. The molecular formula is C18H16F3NO. The minimum absolute atomic E-state index is 0.267. The largest absolute Gasteiger partial charge is 0.416 e. The van der Waals surface area contributed by atoms with E-state index in [-0.39, 0.29) is 6.61 Å². The number of oxime groups is 1. The molecule has 0 atom stereocenters. The maximum absolute atomic E-state index is 12.6. The zero-order valence-corrected chi connectivity index (χ0v) is 12.4. The molecule has 2 aromatic carbocycles. The number of nitrogens with zero attached hydrogens (tertiary/aromatic N) is 1. The van der Waals surface area contributed by atoms with Gasteiger partial charge in [0, 0.05) is 6.42 Å². The molecule has 0 spiro atoms. The number of halogens is 3. The van der Waals surface area contributed by atoms with E-state index in [1.165, 1.54) is 12.1 Å². The number of rotatable bonds is 6. The van der Waals surface area contributed by atoms with E-state index in [9.17, 15) is 13.2 Å². The van der Waals surface area contributed by atoms with Gasteiger partial charge in [-0.1, -0.05) is 60.3 Å². The van der Waals surface area contributed by atoms with Gasteiger partial charge in [-0.15, -0.1) is 0 Å². The lowest BCUT2D eigenvalue weighted by Gasteiger charge is -2.09. The quantitative estimate of drug-likeness (QED) is 0.323. The van der Waals surface area contributed by atoms with Crippen LogP contribution >= 0.6 is 0 Å². The third-order valence-corrected chi connectivity index (χ3v) is 3.13. The predicted molar refractivity (Wildman–Crippen MR) is 84.3 cm³/mol. The Kier molecular flexibility index (Phi) is 5.57. The molecule has 0 aliphatic heterocycles. The molecule has 0 aliphatic rings. The summed E-state index contributed by atoms with van der Waals surface area (Å²) in [5, 5.41) is 4.07. The fraction of sp³-hybridized carbons (Fsp3) is 0.167. The maximum atomic E-state index is 12.6. The molecule has 0 bridgehead atoms. The van der Waals surface area contributed by atoms with Crippen LogP contribution in [0.2, 0.25) is 0 Å². The maximum Gasteiger partial charge on any atom is 0.416 e.